The van der Waals surface area contributed by atoms with Gasteiger partial charge in [0.25, 0.3) is 0 Å². The van der Waals surface area contributed by atoms with E-state index in [0.717, 1.165) is 5.69 Å². The minimum absolute atomic E-state index is 0.137. The van der Waals surface area contributed by atoms with E-state index in [1.165, 1.54) is 129 Å². The van der Waals surface area contributed by atoms with Gasteiger partial charge in [-0.3, -0.25) is 0 Å². The van der Waals surface area contributed by atoms with Crippen LogP contribution in [0.1, 0.15) is 0 Å². The van der Waals surface area contributed by atoms with Crippen molar-refractivity contribution in [1.82, 2.24) is 4.57 Å². The molecule has 0 amide bonds. The molecule has 0 unspecified atom stereocenters. The van der Waals surface area contributed by atoms with Crippen LogP contribution in [0.5, 0.6) is 0 Å². The Bertz CT molecular complexity index is 4160. The van der Waals surface area contributed by atoms with Crippen LogP contribution in [0.2, 0.25) is 0 Å². The van der Waals surface area contributed by atoms with E-state index in [1.807, 2.05) is 0 Å². The molecule has 0 N–H and O–H groups in total. The maximum absolute atomic E-state index is 2.52. The number of para-hydroxylation sites is 3. The molecular formula is C64H39NSe. The molecule has 2 heteroatoms. The van der Waals surface area contributed by atoms with Crippen LogP contribution in [0.4, 0.5) is 0 Å². The third kappa shape index (κ3) is 5.47. The van der Waals surface area contributed by atoms with E-state index in [4.69, 9.17) is 0 Å². The van der Waals surface area contributed by atoms with E-state index < -0.39 is 0 Å². The molecule has 14 aromatic rings. The van der Waals surface area contributed by atoms with E-state index in [-0.39, 0.29) is 14.5 Å². The third-order valence-corrected chi connectivity index (χ3v) is 16.3. The molecule has 0 radical (unpaired) electrons. The first-order chi connectivity index (χ1) is 32.8. The Hall–Kier alpha value is -8.00. The van der Waals surface area contributed by atoms with Crippen LogP contribution in [-0.2, 0) is 0 Å². The molecule has 12 aromatic carbocycles. The predicted octanol–water partition coefficient (Wildman–Crippen LogP) is 17.4. The summed E-state index contributed by atoms with van der Waals surface area (Å²) in [6, 6.07) is 88.1. The summed E-state index contributed by atoms with van der Waals surface area (Å²) in [4.78, 5) is 0. The van der Waals surface area contributed by atoms with Gasteiger partial charge in [0.15, 0.2) is 0 Å². The van der Waals surface area contributed by atoms with Crippen LogP contribution in [0, 0.1) is 0 Å². The first kappa shape index (κ1) is 37.4. The van der Waals surface area contributed by atoms with E-state index in [2.05, 4.69) is 241 Å². The van der Waals surface area contributed by atoms with Gasteiger partial charge in [-0.05, 0) is 0 Å². The Kier molecular flexibility index (Phi) is 8.37. The van der Waals surface area contributed by atoms with Gasteiger partial charge in [-0.15, -0.1) is 0 Å². The summed E-state index contributed by atoms with van der Waals surface area (Å²) in [7, 11) is 0. The van der Waals surface area contributed by atoms with Crippen molar-refractivity contribution >= 4 is 98.7 Å². The van der Waals surface area contributed by atoms with Crippen LogP contribution < -0.4 is 0 Å². The number of hydrogen-bond donors (Lipinski definition) is 0. The predicted molar refractivity (Wildman–Crippen MR) is 285 cm³/mol. The molecule has 0 fully saturated rings. The van der Waals surface area contributed by atoms with Gasteiger partial charge in [-0.1, -0.05) is 30.3 Å². The molecule has 0 saturated heterocycles. The van der Waals surface area contributed by atoms with Crippen LogP contribution in [0.15, 0.2) is 237 Å². The average Bonchev–Trinajstić information content (AvgIpc) is 3.94. The molecule has 0 aliphatic heterocycles. The van der Waals surface area contributed by atoms with Crippen LogP contribution in [0.25, 0.3) is 134 Å². The van der Waals surface area contributed by atoms with Gasteiger partial charge in [0, 0.05) is 0 Å². The summed E-state index contributed by atoms with van der Waals surface area (Å²) in [5, 5.41) is 15.5. The van der Waals surface area contributed by atoms with Gasteiger partial charge in [0.1, 0.15) is 0 Å². The quantitative estimate of drug-likeness (QED) is 0.120. The zero-order valence-corrected chi connectivity index (χ0v) is 37.6. The summed E-state index contributed by atoms with van der Waals surface area (Å²) < 4.78 is 5.35. The molecule has 2 heterocycles. The molecule has 0 atom stereocenters. The number of fused-ring (bicyclic) bond motifs is 10. The van der Waals surface area contributed by atoms with Gasteiger partial charge in [0.2, 0.25) is 0 Å². The molecule has 0 saturated carbocycles. The summed E-state index contributed by atoms with van der Waals surface area (Å²) >= 11 is 0.137. The zero-order chi connectivity index (χ0) is 43.3. The van der Waals surface area contributed by atoms with Crippen molar-refractivity contribution in [3.63, 3.8) is 0 Å². The van der Waals surface area contributed by atoms with E-state index in [0.29, 0.717) is 0 Å². The van der Waals surface area contributed by atoms with Gasteiger partial charge in [0.05, 0.1) is 0 Å². The molecule has 66 heavy (non-hydrogen) atoms. The van der Waals surface area contributed by atoms with Gasteiger partial charge >= 0.3 is 360 Å². The molecular weight excluding hydrogens is 862 g/mol. The van der Waals surface area contributed by atoms with Crippen molar-refractivity contribution in [2.45, 2.75) is 0 Å². The molecule has 2 aromatic heterocycles. The van der Waals surface area contributed by atoms with Crippen LogP contribution in [-0.4, -0.2) is 19.1 Å². The van der Waals surface area contributed by atoms with E-state index in [1.54, 1.807) is 0 Å². The average molecular weight is 901 g/mol. The third-order valence-electron chi connectivity index (χ3n) is 14.0. The number of aromatic nitrogens is 1. The topological polar surface area (TPSA) is 4.93 Å². The van der Waals surface area contributed by atoms with Crippen molar-refractivity contribution in [3.05, 3.63) is 237 Å². The standard InChI is InChI=1S/C64H39NSe/c1-3-19-40(20-4-1)59-44-24-7-9-26-46(44)60(47-27-10-8-25-45(47)59)41-37-38-53-58(39-41)66-57-36-18-33-54(63(53)57)61-48-28-11-13-30-50(48)62(51-31-14-12-29-49(51)61)55-34-17-32-52-43-23-15-16-35-56(43)65(64(52)55)42-21-5-2-6-22-42/h1-39H. The monoisotopic (exact) mass is 901 g/mol. The van der Waals surface area contributed by atoms with Crippen molar-refractivity contribution in [2.24, 2.45) is 0 Å². The molecule has 0 bridgehead atoms. The normalized spacial score (nSPS) is 11.9. The fraction of sp³-hybridized carbons (Fsp3) is 0. The Morgan fingerprint density at radius 1 is 0.273 bits per heavy atom. The van der Waals surface area contributed by atoms with Crippen molar-refractivity contribution in [3.8, 4) is 50.2 Å². The van der Waals surface area contributed by atoms with E-state index >= 15 is 0 Å². The Balaban J connectivity index is 1.02. The zero-order valence-electron chi connectivity index (χ0n) is 35.9. The fourth-order valence-corrected chi connectivity index (χ4v) is 13.8. The second kappa shape index (κ2) is 14.8. The molecule has 14 rings (SSSR count). The van der Waals surface area contributed by atoms with Crippen molar-refractivity contribution in [1.29, 1.82) is 0 Å². The number of rotatable bonds is 5. The molecule has 0 spiro atoms. The summed E-state index contributed by atoms with van der Waals surface area (Å²) in [6.07, 6.45) is 0. The molecule has 0 aliphatic carbocycles. The minimum atomic E-state index is 0.137. The van der Waals surface area contributed by atoms with Crippen LogP contribution in [0.3, 0.4) is 0 Å². The first-order valence-corrected chi connectivity index (χ1v) is 24.5. The number of nitrogens with zero attached hydrogens (tertiary/aromatic N) is 1. The SMILES string of the molecule is c1ccc(-c2c3ccccc3c(-c3ccc4c(c3)[se]c3cccc(-c5c6ccccc6c(-c6cccc7c8ccccc8n(-c8ccccc8)c67)c6ccccc56)c34)c3ccccc23)cc1. The second-order valence-electron chi connectivity index (χ2n) is 17.4. The van der Waals surface area contributed by atoms with Gasteiger partial charge in [-0.2, -0.15) is 0 Å². The Morgan fingerprint density at radius 2 is 0.727 bits per heavy atom. The van der Waals surface area contributed by atoms with Gasteiger partial charge < -0.3 is 0 Å². The van der Waals surface area contributed by atoms with Crippen LogP contribution >= 0.6 is 0 Å². The fourth-order valence-electron chi connectivity index (χ4n) is 11.3. The number of benzene rings is 12. The second-order valence-corrected chi connectivity index (χ2v) is 19.7. The molecule has 306 valence electrons. The summed E-state index contributed by atoms with van der Waals surface area (Å²) in [6.45, 7) is 0. The Morgan fingerprint density at radius 3 is 1.33 bits per heavy atom. The summed E-state index contributed by atoms with van der Waals surface area (Å²) in [5.74, 6) is 0. The van der Waals surface area contributed by atoms with Gasteiger partial charge in [-0.25, -0.2) is 0 Å². The van der Waals surface area contributed by atoms with Crippen molar-refractivity contribution < 1.29 is 0 Å². The first-order valence-electron chi connectivity index (χ1n) is 22.8. The Labute approximate surface area is 387 Å². The summed E-state index contributed by atoms with van der Waals surface area (Å²) in [5.41, 5.74) is 13.9. The molecule has 0 aliphatic rings. The van der Waals surface area contributed by atoms with Crippen molar-refractivity contribution in [2.75, 3.05) is 0 Å². The molecule has 1 nitrogen and oxygen atoms in total. The maximum atomic E-state index is 2.52. The number of hydrogen-bond acceptors (Lipinski definition) is 0. The van der Waals surface area contributed by atoms with E-state index in [9.17, 15) is 0 Å².